The summed E-state index contributed by atoms with van der Waals surface area (Å²) in [4.78, 5) is 17.3. The fraction of sp³-hybridized carbons (Fsp3) is 0.278. The van der Waals surface area contributed by atoms with Gasteiger partial charge in [-0.3, -0.25) is 9.08 Å². The monoisotopic (exact) mass is 392 g/mol. The molecular formula is C18H20N2O4S2. The number of fused-ring (bicyclic) bond motifs is 1. The van der Waals surface area contributed by atoms with Gasteiger partial charge in [-0.2, -0.15) is 8.42 Å². The predicted molar refractivity (Wildman–Crippen MR) is 107 cm³/mol. The average molecular weight is 393 g/mol. The number of carbonyl (C=O) groups excluding carboxylic acids is 1. The van der Waals surface area contributed by atoms with Crippen molar-refractivity contribution in [3.05, 3.63) is 41.4 Å². The lowest BCUT2D eigenvalue weighted by atomic mass is 9.88. The summed E-state index contributed by atoms with van der Waals surface area (Å²) in [6, 6.07) is 3.74. The molecule has 0 fully saturated rings. The molecule has 26 heavy (non-hydrogen) atoms. The van der Waals surface area contributed by atoms with Crippen LogP contribution in [0.2, 0.25) is 0 Å². The molecule has 0 spiro atoms. The molecule has 1 aromatic carbocycles. The van der Waals surface area contributed by atoms with Crippen LogP contribution < -0.4 is 0 Å². The smallest absolute Gasteiger partial charge is 0.292 e. The summed E-state index contributed by atoms with van der Waals surface area (Å²) < 4.78 is 28.0. The van der Waals surface area contributed by atoms with Crippen molar-refractivity contribution in [3.8, 4) is 0 Å². The highest BCUT2D eigenvalue weighted by Crippen LogP contribution is 2.30. The lowest BCUT2D eigenvalue weighted by molar-refractivity contribution is -0.119. The van der Waals surface area contributed by atoms with Gasteiger partial charge < -0.3 is 0 Å². The Hall–Kier alpha value is -2.32. The topological polar surface area (TPSA) is 85.7 Å². The van der Waals surface area contributed by atoms with Gasteiger partial charge in [0.15, 0.2) is 11.5 Å². The van der Waals surface area contributed by atoms with Gasteiger partial charge in [0, 0.05) is 11.0 Å². The number of carbonyl (C=O) groups is 1. The Labute approximate surface area is 157 Å². The minimum absolute atomic E-state index is 0.126. The molecule has 0 atom stereocenters. The number of hydrogen-bond donors (Lipinski definition) is 0. The third-order valence-electron chi connectivity index (χ3n) is 3.42. The van der Waals surface area contributed by atoms with Crippen LogP contribution in [0.25, 0.3) is 22.4 Å². The molecule has 0 bridgehead atoms. The molecule has 0 radical (unpaired) electrons. The Morgan fingerprint density at radius 2 is 1.92 bits per heavy atom. The summed E-state index contributed by atoms with van der Waals surface area (Å²) in [6.45, 7) is 12.7. The van der Waals surface area contributed by atoms with Gasteiger partial charge in [-0.05, 0) is 11.6 Å². The minimum Gasteiger partial charge on any atom is -0.292 e. The minimum atomic E-state index is -3.85. The first kappa shape index (κ1) is 20.0. The second-order valence-corrected chi connectivity index (χ2v) is 9.23. The summed E-state index contributed by atoms with van der Waals surface area (Å²) in [5.74, 6) is -0.371. The van der Waals surface area contributed by atoms with E-state index in [0.29, 0.717) is 5.52 Å². The Kier molecular flexibility index (Phi) is 5.48. The predicted octanol–water partition coefficient (Wildman–Crippen LogP) is 3.88. The van der Waals surface area contributed by atoms with E-state index < -0.39 is 15.5 Å². The molecule has 0 amide bonds. The lowest BCUT2D eigenvalue weighted by Crippen LogP contribution is -2.29. The van der Waals surface area contributed by atoms with E-state index in [9.17, 15) is 13.2 Å². The lowest BCUT2D eigenvalue weighted by Gasteiger charge is -2.16. The second-order valence-electron chi connectivity index (χ2n) is 6.64. The van der Waals surface area contributed by atoms with Crippen molar-refractivity contribution in [3.63, 3.8) is 0 Å². The van der Waals surface area contributed by atoms with E-state index in [0.717, 1.165) is 22.1 Å². The van der Waals surface area contributed by atoms with Gasteiger partial charge in [0.05, 0.1) is 16.5 Å². The van der Waals surface area contributed by atoms with E-state index in [-0.39, 0.29) is 16.5 Å². The standard InChI is InChI=1S/C18H20N2O4S2/c1-7-11-9-10-13-14(12(11)8-2)19-17(25-13)15(16(21)18(3,4)5)20-24-26(6,22)23/h7-10H,1-2H2,3-6H3/b20-15+. The van der Waals surface area contributed by atoms with E-state index in [4.69, 9.17) is 0 Å². The molecule has 2 rings (SSSR count). The van der Waals surface area contributed by atoms with E-state index in [2.05, 4.69) is 27.6 Å². The van der Waals surface area contributed by atoms with Crippen LogP contribution >= 0.6 is 11.3 Å². The molecule has 1 aromatic heterocycles. The maximum Gasteiger partial charge on any atom is 0.325 e. The van der Waals surface area contributed by atoms with Crippen molar-refractivity contribution in [1.29, 1.82) is 0 Å². The van der Waals surface area contributed by atoms with Gasteiger partial charge in [-0.15, -0.1) is 11.3 Å². The number of Topliss-reactive ketones (excluding diaryl/α,β-unsaturated/α-hetero) is 1. The highest BCUT2D eigenvalue weighted by atomic mass is 32.2. The van der Waals surface area contributed by atoms with Crippen LogP contribution in [0.1, 0.15) is 36.9 Å². The zero-order valence-corrected chi connectivity index (χ0v) is 16.7. The van der Waals surface area contributed by atoms with Crippen molar-refractivity contribution in [2.75, 3.05) is 6.26 Å². The molecule has 0 unspecified atom stereocenters. The van der Waals surface area contributed by atoms with E-state index in [1.54, 1.807) is 32.9 Å². The molecule has 6 nitrogen and oxygen atoms in total. The van der Waals surface area contributed by atoms with Crippen LogP contribution in [0.3, 0.4) is 0 Å². The largest absolute Gasteiger partial charge is 0.325 e. The van der Waals surface area contributed by atoms with Gasteiger partial charge >= 0.3 is 10.1 Å². The first-order valence-electron chi connectivity index (χ1n) is 7.68. The molecule has 0 aliphatic carbocycles. The van der Waals surface area contributed by atoms with Gasteiger partial charge in [0.25, 0.3) is 0 Å². The molecular weight excluding hydrogens is 372 g/mol. The van der Waals surface area contributed by atoms with Crippen molar-refractivity contribution in [1.82, 2.24) is 4.98 Å². The number of nitrogens with zero attached hydrogens (tertiary/aromatic N) is 2. The average Bonchev–Trinajstić information content (AvgIpc) is 2.95. The van der Waals surface area contributed by atoms with Gasteiger partial charge in [-0.25, -0.2) is 4.98 Å². The SMILES string of the molecule is C=Cc1ccc2sc(/C(=N/OS(C)(=O)=O)C(=O)C(C)(C)C)nc2c1C=C. The number of ketones is 1. The van der Waals surface area contributed by atoms with Gasteiger partial charge in [0.2, 0.25) is 0 Å². The molecule has 2 aromatic rings. The van der Waals surface area contributed by atoms with E-state index in [1.165, 1.54) is 11.3 Å². The maximum atomic E-state index is 12.8. The Balaban J connectivity index is 2.70. The maximum absolute atomic E-state index is 12.8. The molecule has 1 heterocycles. The zero-order chi connectivity index (χ0) is 19.7. The van der Waals surface area contributed by atoms with E-state index in [1.807, 2.05) is 12.1 Å². The van der Waals surface area contributed by atoms with Crippen molar-refractivity contribution in [2.24, 2.45) is 10.6 Å². The van der Waals surface area contributed by atoms with E-state index >= 15 is 0 Å². The third-order valence-corrected chi connectivity index (χ3v) is 4.79. The first-order valence-corrected chi connectivity index (χ1v) is 10.3. The van der Waals surface area contributed by atoms with Crippen LogP contribution in [-0.4, -0.2) is 31.2 Å². The summed E-state index contributed by atoms with van der Waals surface area (Å²) in [7, 11) is -3.85. The quantitative estimate of drug-likeness (QED) is 0.550. The highest BCUT2D eigenvalue weighted by molar-refractivity contribution is 7.85. The number of thiazole rings is 1. The molecule has 0 N–H and O–H groups in total. The van der Waals surface area contributed by atoms with Crippen LogP contribution in [0, 0.1) is 5.41 Å². The van der Waals surface area contributed by atoms with Crippen LogP contribution in [-0.2, 0) is 19.2 Å². The van der Waals surface area contributed by atoms with Gasteiger partial charge in [0.1, 0.15) is 5.01 Å². The highest BCUT2D eigenvalue weighted by Gasteiger charge is 2.31. The second kappa shape index (κ2) is 7.13. The van der Waals surface area contributed by atoms with Crippen LogP contribution in [0.4, 0.5) is 0 Å². The molecule has 0 saturated heterocycles. The van der Waals surface area contributed by atoms with Gasteiger partial charge in [-0.1, -0.05) is 57.3 Å². The molecule has 8 heteroatoms. The van der Waals surface area contributed by atoms with Crippen molar-refractivity contribution >= 4 is 55.3 Å². The number of oxime groups is 1. The summed E-state index contributed by atoms with van der Waals surface area (Å²) in [6.07, 6.45) is 4.22. The Morgan fingerprint density at radius 3 is 2.42 bits per heavy atom. The molecule has 0 aliphatic rings. The number of benzene rings is 1. The van der Waals surface area contributed by atoms with Crippen LogP contribution in [0.15, 0.2) is 30.4 Å². The summed E-state index contributed by atoms with van der Waals surface area (Å²) in [5, 5.41) is 3.89. The Morgan fingerprint density at radius 1 is 1.27 bits per heavy atom. The van der Waals surface area contributed by atoms with Crippen molar-refractivity contribution in [2.45, 2.75) is 20.8 Å². The fourth-order valence-electron chi connectivity index (χ4n) is 2.16. The fourth-order valence-corrected chi connectivity index (χ4v) is 3.33. The number of rotatable bonds is 6. The molecule has 0 saturated carbocycles. The molecule has 138 valence electrons. The summed E-state index contributed by atoms with van der Waals surface area (Å²) in [5.41, 5.74) is 1.37. The Bertz CT molecular complexity index is 1030. The first-order chi connectivity index (χ1) is 12.0. The zero-order valence-electron chi connectivity index (χ0n) is 15.1. The third kappa shape index (κ3) is 4.25. The van der Waals surface area contributed by atoms with Crippen LogP contribution in [0.5, 0.6) is 0 Å². The normalized spacial score (nSPS) is 12.8. The number of aromatic nitrogens is 1. The van der Waals surface area contributed by atoms with Crippen molar-refractivity contribution < 1.29 is 17.5 Å². The summed E-state index contributed by atoms with van der Waals surface area (Å²) >= 11 is 1.23. The number of hydrogen-bond acceptors (Lipinski definition) is 7. The molecule has 0 aliphatic heterocycles.